The van der Waals surface area contributed by atoms with Crippen LogP contribution < -0.4 is 5.32 Å². The van der Waals surface area contributed by atoms with Crippen molar-refractivity contribution in [1.29, 1.82) is 0 Å². The molecule has 0 aromatic heterocycles. The molecule has 1 aliphatic heterocycles. The van der Waals surface area contributed by atoms with Crippen molar-refractivity contribution < 1.29 is 14.6 Å². The van der Waals surface area contributed by atoms with Gasteiger partial charge in [-0.05, 0) is 25.8 Å². The number of rotatable bonds is 4. The van der Waals surface area contributed by atoms with Crippen molar-refractivity contribution in [2.75, 3.05) is 20.3 Å². The average Bonchev–Trinajstić information content (AvgIpc) is 1.96. The van der Waals surface area contributed by atoms with Gasteiger partial charge < -0.3 is 15.2 Å². The summed E-state index contributed by atoms with van der Waals surface area (Å²) in [6.45, 7) is 1.21. The Labute approximate surface area is 83.6 Å². The minimum absolute atomic E-state index is 0.126. The van der Waals surface area contributed by atoms with Gasteiger partial charge in [-0.1, -0.05) is 6.42 Å². The van der Waals surface area contributed by atoms with Crippen molar-refractivity contribution >= 4 is 5.97 Å². The number of hydrogen-bond acceptors (Lipinski definition) is 3. The lowest BCUT2D eigenvalue weighted by Crippen LogP contribution is -2.64. The van der Waals surface area contributed by atoms with E-state index in [0.717, 1.165) is 12.8 Å². The third-order valence-electron chi connectivity index (χ3n) is 3.77. The second-order valence-electron chi connectivity index (χ2n) is 4.41. The van der Waals surface area contributed by atoms with Crippen molar-refractivity contribution in [2.45, 2.75) is 25.3 Å². The van der Waals surface area contributed by atoms with Crippen LogP contribution in [0.1, 0.15) is 19.3 Å². The van der Waals surface area contributed by atoms with Crippen LogP contribution in [0.5, 0.6) is 0 Å². The van der Waals surface area contributed by atoms with Gasteiger partial charge in [-0.2, -0.15) is 0 Å². The lowest BCUT2D eigenvalue weighted by molar-refractivity contribution is -0.191. The van der Waals surface area contributed by atoms with Crippen LogP contribution >= 0.6 is 0 Å². The van der Waals surface area contributed by atoms with E-state index in [4.69, 9.17) is 9.84 Å². The maximum atomic E-state index is 11.1. The van der Waals surface area contributed by atoms with E-state index in [-0.39, 0.29) is 5.41 Å². The molecule has 1 saturated heterocycles. The van der Waals surface area contributed by atoms with Gasteiger partial charge in [-0.3, -0.25) is 4.79 Å². The molecule has 1 unspecified atom stereocenters. The molecule has 2 aliphatic rings. The van der Waals surface area contributed by atoms with E-state index in [1.807, 2.05) is 0 Å². The summed E-state index contributed by atoms with van der Waals surface area (Å²) in [4.78, 5) is 11.1. The van der Waals surface area contributed by atoms with E-state index in [1.165, 1.54) is 6.42 Å². The van der Waals surface area contributed by atoms with Crippen LogP contribution in [0.4, 0.5) is 0 Å². The summed E-state index contributed by atoms with van der Waals surface area (Å²) in [5.41, 5.74) is -0.126. The number of carboxylic acid groups (broad SMARTS) is 1. The summed E-state index contributed by atoms with van der Waals surface area (Å²) in [6.07, 6.45) is 3.56. The minimum Gasteiger partial charge on any atom is -0.480 e. The summed E-state index contributed by atoms with van der Waals surface area (Å²) in [6, 6.07) is -0.443. The van der Waals surface area contributed by atoms with Gasteiger partial charge in [0, 0.05) is 5.41 Å². The van der Waals surface area contributed by atoms with Gasteiger partial charge in [0.1, 0.15) is 6.04 Å². The van der Waals surface area contributed by atoms with Gasteiger partial charge in [-0.15, -0.1) is 0 Å². The first kappa shape index (κ1) is 9.93. The van der Waals surface area contributed by atoms with Crippen LogP contribution in [0.2, 0.25) is 0 Å². The molecular weight excluding hydrogens is 182 g/mol. The molecule has 0 aromatic carbocycles. The Morgan fingerprint density at radius 2 is 2.21 bits per heavy atom. The van der Waals surface area contributed by atoms with E-state index in [2.05, 4.69) is 5.32 Å². The fourth-order valence-electron chi connectivity index (χ4n) is 2.62. The highest BCUT2D eigenvalue weighted by Gasteiger charge is 2.55. The molecule has 0 radical (unpaired) electrons. The Hall–Kier alpha value is -0.610. The predicted octanol–water partition coefficient (Wildman–Crippen LogP) is 0.476. The van der Waals surface area contributed by atoms with Crippen molar-refractivity contribution in [3.63, 3.8) is 0 Å². The Morgan fingerprint density at radius 3 is 2.43 bits per heavy atom. The van der Waals surface area contributed by atoms with E-state index in [9.17, 15) is 4.79 Å². The molecule has 80 valence electrons. The number of nitrogens with one attached hydrogen (secondary N) is 1. The Morgan fingerprint density at radius 1 is 1.57 bits per heavy atom. The zero-order valence-electron chi connectivity index (χ0n) is 8.45. The lowest BCUT2D eigenvalue weighted by Gasteiger charge is -2.53. The van der Waals surface area contributed by atoms with Crippen LogP contribution in [-0.2, 0) is 9.53 Å². The predicted molar refractivity (Wildman–Crippen MR) is 51.1 cm³/mol. The number of ether oxygens (including phenoxy) is 1. The first-order chi connectivity index (χ1) is 6.70. The summed E-state index contributed by atoms with van der Waals surface area (Å²) in [7, 11) is 1.72. The number of likely N-dealkylation sites (N-methyl/N-ethyl adjacent to an activating group) is 1. The zero-order valence-corrected chi connectivity index (χ0v) is 8.45. The maximum absolute atomic E-state index is 11.1. The fraction of sp³-hybridized carbons (Fsp3) is 0.900. The highest BCUT2D eigenvalue weighted by molar-refractivity contribution is 5.75. The Balaban J connectivity index is 2.12. The minimum atomic E-state index is -0.747. The molecule has 4 heteroatoms. The Bertz CT molecular complexity index is 234. The lowest BCUT2D eigenvalue weighted by atomic mass is 9.60. The summed E-state index contributed by atoms with van der Waals surface area (Å²) in [5.74, 6) is -0.201. The summed E-state index contributed by atoms with van der Waals surface area (Å²) < 4.78 is 5.22. The van der Waals surface area contributed by atoms with E-state index in [0.29, 0.717) is 19.1 Å². The molecule has 0 amide bonds. The smallest absolute Gasteiger partial charge is 0.321 e. The van der Waals surface area contributed by atoms with E-state index < -0.39 is 12.0 Å². The first-order valence-electron chi connectivity index (χ1n) is 5.18. The average molecular weight is 199 g/mol. The van der Waals surface area contributed by atoms with Gasteiger partial charge in [0.2, 0.25) is 0 Å². The summed E-state index contributed by atoms with van der Waals surface area (Å²) in [5, 5.41) is 12.0. The van der Waals surface area contributed by atoms with Gasteiger partial charge >= 0.3 is 5.97 Å². The summed E-state index contributed by atoms with van der Waals surface area (Å²) >= 11 is 0. The van der Waals surface area contributed by atoms with Crippen molar-refractivity contribution in [1.82, 2.24) is 5.32 Å². The molecule has 1 aliphatic carbocycles. The van der Waals surface area contributed by atoms with E-state index >= 15 is 0 Å². The van der Waals surface area contributed by atoms with Crippen molar-refractivity contribution in [2.24, 2.45) is 11.3 Å². The topological polar surface area (TPSA) is 58.6 Å². The third-order valence-corrected chi connectivity index (χ3v) is 3.77. The molecule has 0 aromatic rings. The standard InChI is InChI=1S/C10H17NO3/c1-11-8(9(12)13)10(5-14-6-10)7-3-2-4-7/h7-8,11H,2-6H2,1H3,(H,12,13). The molecule has 4 nitrogen and oxygen atoms in total. The molecule has 1 saturated carbocycles. The zero-order chi connectivity index (χ0) is 10.2. The second kappa shape index (κ2) is 3.51. The molecule has 2 N–H and O–H groups in total. The fourth-order valence-corrected chi connectivity index (χ4v) is 2.62. The highest BCUT2D eigenvalue weighted by atomic mass is 16.5. The Kier molecular flexibility index (Phi) is 2.49. The van der Waals surface area contributed by atoms with E-state index in [1.54, 1.807) is 7.05 Å². The number of hydrogen-bond donors (Lipinski definition) is 2. The molecule has 0 bridgehead atoms. The van der Waals surface area contributed by atoms with Crippen molar-refractivity contribution in [3.05, 3.63) is 0 Å². The van der Waals surface area contributed by atoms with Gasteiger partial charge in [0.25, 0.3) is 0 Å². The maximum Gasteiger partial charge on any atom is 0.321 e. The van der Waals surface area contributed by atoms with Crippen LogP contribution in [0, 0.1) is 11.3 Å². The normalized spacial score (nSPS) is 27.5. The van der Waals surface area contributed by atoms with Crippen LogP contribution in [0.15, 0.2) is 0 Å². The van der Waals surface area contributed by atoms with Crippen LogP contribution in [0.3, 0.4) is 0 Å². The molecule has 0 spiro atoms. The van der Waals surface area contributed by atoms with Crippen LogP contribution in [-0.4, -0.2) is 37.4 Å². The third kappa shape index (κ3) is 1.25. The van der Waals surface area contributed by atoms with Gasteiger partial charge in [-0.25, -0.2) is 0 Å². The SMILES string of the molecule is CNC(C(=O)O)C1(C2CCC2)COC1. The second-order valence-corrected chi connectivity index (χ2v) is 4.41. The molecular formula is C10H17NO3. The molecule has 1 atom stereocenters. The van der Waals surface area contributed by atoms with Gasteiger partial charge in [0.15, 0.2) is 0 Å². The monoisotopic (exact) mass is 199 g/mol. The van der Waals surface area contributed by atoms with Crippen LogP contribution in [0.25, 0.3) is 0 Å². The highest BCUT2D eigenvalue weighted by Crippen LogP contribution is 2.48. The van der Waals surface area contributed by atoms with Crippen molar-refractivity contribution in [3.8, 4) is 0 Å². The molecule has 1 heterocycles. The number of carboxylic acids is 1. The number of aliphatic carboxylic acids is 1. The number of carbonyl (C=O) groups is 1. The molecule has 2 rings (SSSR count). The largest absolute Gasteiger partial charge is 0.480 e. The molecule has 2 fully saturated rings. The quantitative estimate of drug-likeness (QED) is 0.691. The van der Waals surface area contributed by atoms with Gasteiger partial charge in [0.05, 0.1) is 13.2 Å². The first-order valence-corrected chi connectivity index (χ1v) is 5.18. The molecule has 14 heavy (non-hydrogen) atoms.